The molecule has 0 fully saturated rings. The van der Waals surface area contributed by atoms with Crippen LogP contribution in [0.3, 0.4) is 0 Å². The molecule has 39 heavy (non-hydrogen) atoms. The summed E-state index contributed by atoms with van der Waals surface area (Å²) in [6.07, 6.45) is 1.40. The Balaban J connectivity index is 1.82. The Bertz CT molecular complexity index is 1540. The Hall–Kier alpha value is -3.72. The number of esters is 1. The van der Waals surface area contributed by atoms with Crippen molar-refractivity contribution in [1.82, 2.24) is 9.55 Å². The van der Waals surface area contributed by atoms with E-state index in [9.17, 15) is 17.6 Å². The van der Waals surface area contributed by atoms with Crippen molar-refractivity contribution in [2.24, 2.45) is 0 Å². The van der Waals surface area contributed by atoms with Gasteiger partial charge in [-0.05, 0) is 62.6 Å². The second-order valence-electron chi connectivity index (χ2n) is 10.5. The van der Waals surface area contributed by atoms with Crippen molar-refractivity contribution in [2.45, 2.75) is 65.0 Å². The topological polar surface area (TPSA) is 81.5 Å². The van der Waals surface area contributed by atoms with Gasteiger partial charge in [-0.3, -0.25) is 9.10 Å². The third-order valence-electron chi connectivity index (χ3n) is 6.05. The average Bonchev–Trinajstić information content (AvgIpc) is 3.20. The number of imidazole rings is 1. The molecule has 0 N–H and O–H groups in total. The lowest BCUT2D eigenvalue weighted by Crippen LogP contribution is -2.32. The van der Waals surface area contributed by atoms with Gasteiger partial charge >= 0.3 is 5.97 Å². The predicted molar refractivity (Wildman–Crippen MR) is 151 cm³/mol. The highest BCUT2D eigenvalue weighted by Gasteiger charge is 2.28. The molecule has 206 valence electrons. The summed E-state index contributed by atoms with van der Waals surface area (Å²) in [4.78, 5) is 17.6. The number of halogens is 1. The van der Waals surface area contributed by atoms with E-state index in [0.717, 1.165) is 12.0 Å². The van der Waals surface area contributed by atoms with Gasteiger partial charge in [0.1, 0.15) is 29.3 Å². The van der Waals surface area contributed by atoms with Crippen LogP contribution in [0.5, 0.6) is 0 Å². The lowest BCUT2D eigenvalue weighted by molar-refractivity contribution is -0.155. The number of hydrogen-bond donors (Lipinski definition) is 0. The second kappa shape index (κ2) is 11.6. The van der Waals surface area contributed by atoms with E-state index in [1.54, 1.807) is 12.1 Å². The lowest BCUT2D eigenvalue weighted by atomic mass is 10.2. The third-order valence-corrected chi connectivity index (χ3v) is 7.75. The maximum atomic E-state index is 13.9. The molecular weight excluding hydrogens is 517 g/mol. The van der Waals surface area contributed by atoms with Crippen molar-refractivity contribution in [3.8, 4) is 0 Å². The van der Waals surface area contributed by atoms with Gasteiger partial charge in [0.25, 0.3) is 0 Å². The van der Waals surface area contributed by atoms with Crippen LogP contribution < -0.4 is 4.31 Å². The first-order valence-corrected chi connectivity index (χ1v) is 14.6. The normalized spacial score (nSPS) is 12.0. The van der Waals surface area contributed by atoms with Crippen LogP contribution in [0.1, 0.15) is 51.1 Å². The van der Waals surface area contributed by atoms with Crippen LogP contribution in [-0.2, 0) is 44.8 Å². The monoisotopic (exact) mass is 551 g/mol. The maximum absolute atomic E-state index is 13.9. The van der Waals surface area contributed by atoms with Crippen LogP contribution in [0, 0.1) is 5.82 Å². The minimum absolute atomic E-state index is 0.0342. The van der Waals surface area contributed by atoms with E-state index in [1.807, 2.05) is 68.7 Å². The molecule has 0 saturated carbocycles. The largest absolute Gasteiger partial charge is 0.459 e. The molecule has 9 heteroatoms. The van der Waals surface area contributed by atoms with Crippen LogP contribution in [-0.4, -0.2) is 29.5 Å². The number of ether oxygens (including phenoxy) is 1. The summed E-state index contributed by atoms with van der Waals surface area (Å²) in [5.74, 6) is -0.450. The number of aryl methyl sites for hydroxylation is 1. The van der Waals surface area contributed by atoms with Crippen molar-refractivity contribution in [3.05, 3.63) is 95.6 Å². The zero-order chi connectivity index (χ0) is 28.2. The number of carbonyl (C=O) groups excluding carboxylic acids is 1. The first kappa shape index (κ1) is 28.3. The second-order valence-corrected chi connectivity index (χ2v) is 12.4. The molecule has 0 unspecified atom stereocenters. The van der Waals surface area contributed by atoms with Crippen LogP contribution in [0.25, 0.3) is 11.0 Å². The number of benzene rings is 3. The summed E-state index contributed by atoms with van der Waals surface area (Å²) in [6, 6.07) is 20.1. The summed E-state index contributed by atoms with van der Waals surface area (Å²) in [5, 5.41) is 0. The molecule has 7 nitrogen and oxygen atoms in total. The van der Waals surface area contributed by atoms with Crippen molar-refractivity contribution in [3.63, 3.8) is 0 Å². The van der Waals surface area contributed by atoms with E-state index in [0.29, 0.717) is 34.5 Å². The van der Waals surface area contributed by atoms with Gasteiger partial charge < -0.3 is 9.30 Å². The first-order chi connectivity index (χ1) is 18.5. The molecular formula is C30H34FN3O4S. The van der Waals surface area contributed by atoms with Crippen LogP contribution in [0.15, 0.2) is 72.8 Å². The van der Waals surface area contributed by atoms with E-state index in [1.165, 1.54) is 28.6 Å². The minimum atomic E-state index is -3.92. The number of sulfonamides is 1. The van der Waals surface area contributed by atoms with E-state index in [2.05, 4.69) is 0 Å². The lowest BCUT2D eigenvalue weighted by Gasteiger charge is -2.25. The summed E-state index contributed by atoms with van der Waals surface area (Å²) >= 11 is 0. The van der Waals surface area contributed by atoms with Gasteiger partial charge in [-0.2, -0.15) is 0 Å². The summed E-state index contributed by atoms with van der Waals surface area (Å²) < 4.78 is 50.0. The van der Waals surface area contributed by atoms with Gasteiger partial charge in [0.2, 0.25) is 10.0 Å². The van der Waals surface area contributed by atoms with E-state index < -0.39 is 27.4 Å². The number of carbonyl (C=O) groups is 1. The molecule has 0 aliphatic carbocycles. The fourth-order valence-electron chi connectivity index (χ4n) is 4.43. The van der Waals surface area contributed by atoms with E-state index >= 15 is 0 Å². The molecule has 0 aliphatic heterocycles. The van der Waals surface area contributed by atoms with Gasteiger partial charge in [0.15, 0.2) is 0 Å². The molecule has 1 heterocycles. The van der Waals surface area contributed by atoms with Gasteiger partial charge in [-0.15, -0.1) is 0 Å². The number of aromatic nitrogens is 2. The molecule has 3 aromatic carbocycles. The van der Waals surface area contributed by atoms with Crippen molar-refractivity contribution >= 4 is 32.7 Å². The van der Waals surface area contributed by atoms with E-state index in [-0.39, 0.29) is 18.8 Å². The molecule has 1 aromatic heterocycles. The summed E-state index contributed by atoms with van der Waals surface area (Å²) in [5.41, 5.74) is 2.20. The molecule has 0 bridgehead atoms. The van der Waals surface area contributed by atoms with Crippen LogP contribution >= 0.6 is 0 Å². The highest BCUT2D eigenvalue weighted by Crippen LogP contribution is 2.32. The van der Waals surface area contributed by atoms with Gasteiger partial charge in [-0.25, -0.2) is 17.8 Å². The Kier molecular flexibility index (Phi) is 8.39. The van der Waals surface area contributed by atoms with Crippen molar-refractivity contribution < 1.29 is 22.3 Å². The van der Waals surface area contributed by atoms with Crippen LogP contribution in [0.2, 0.25) is 0 Å². The number of anilines is 1. The minimum Gasteiger partial charge on any atom is -0.459 e. The molecule has 0 spiro atoms. The van der Waals surface area contributed by atoms with Crippen LogP contribution in [0.4, 0.5) is 10.1 Å². The van der Waals surface area contributed by atoms with Gasteiger partial charge in [0, 0.05) is 6.42 Å². The number of nitrogens with zero attached hydrogens (tertiary/aromatic N) is 3. The Morgan fingerprint density at radius 1 is 0.974 bits per heavy atom. The molecule has 4 rings (SSSR count). The van der Waals surface area contributed by atoms with Crippen molar-refractivity contribution in [1.29, 1.82) is 0 Å². The average molecular weight is 552 g/mol. The fourth-order valence-corrected chi connectivity index (χ4v) is 5.99. The highest BCUT2D eigenvalue weighted by molar-refractivity contribution is 7.92. The zero-order valence-corrected chi connectivity index (χ0v) is 23.5. The quantitative estimate of drug-likeness (QED) is 0.226. The number of rotatable bonds is 10. The Morgan fingerprint density at radius 2 is 1.67 bits per heavy atom. The predicted octanol–water partition coefficient (Wildman–Crippen LogP) is 6.01. The Labute approximate surface area is 229 Å². The summed E-state index contributed by atoms with van der Waals surface area (Å²) in [7, 11) is -3.92. The molecule has 4 aromatic rings. The fraction of sp³-hybridized carbons (Fsp3) is 0.333. The SMILES string of the molecule is CCCc1nc2c(N(Cc3ccccc3)S(=O)(=O)Cc3ccc(F)cc3)cccc2n1CC(=O)OC(C)(C)C. The molecule has 0 radical (unpaired) electrons. The Morgan fingerprint density at radius 3 is 2.31 bits per heavy atom. The maximum Gasteiger partial charge on any atom is 0.326 e. The third kappa shape index (κ3) is 7.03. The summed E-state index contributed by atoms with van der Waals surface area (Å²) in [6.45, 7) is 7.52. The number of hydrogen-bond acceptors (Lipinski definition) is 5. The number of para-hydroxylation sites is 1. The first-order valence-electron chi connectivity index (χ1n) is 13.0. The van der Waals surface area contributed by atoms with Gasteiger partial charge in [-0.1, -0.05) is 55.5 Å². The molecule has 0 atom stereocenters. The number of fused-ring (bicyclic) bond motifs is 1. The smallest absolute Gasteiger partial charge is 0.326 e. The molecule has 0 amide bonds. The standard InChI is InChI=1S/C30H34FN3O4S/c1-5-10-27-32-29-25(33(27)20-28(35)38-30(2,3)4)13-9-14-26(29)34(19-22-11-7-6-8-12-22)39(36,37)21-23-15-17-24(31)18-16-23/h6-9,11-18H,5,10,19-21H2,1-4H3. The molecule has 0 aliphatic rings. The zero-order valence-electron chi connectivity index (χ0n) is 22.7. The van der Waals surface area contributed by atoms with E-state index in [4.69, 9.17) is 9.72 Å². The van der Waals surface area contributed by atoms with Gasteiger partial charge in [0.05, 0.1) is 23.5 Å². The molecule has 0 saturated heterocycles. The highest BCUT2D eigenvalue weighted by atomic mass is 32.2. The van der Waals surface area contributed by atoms with Crippen molar-refractivity contribution in [2.75, 3.05) is 4.31 Å².